The summed E-state index contributed by atoms with van der Waals surface area (Å²) < 4.78 is 5.27. The van der Waals surface area contributed by atoms with Crippen LogP contribution < -0.4 is 4.74 Å². The average Bonchev–Trinajstić information content (AvgIpc) is 2.78. The lowest BCUT2D eigenvalue weighted by molar-refractivity contribution is 0.416. The highest BCUT2D eigenvalue weighted by molar-refractivity contribution is 7.15. The second-order valence-electron chi connectivity index (χ2n) is 3.17. The number of methoxy groups -OCH3 is 1. The van der Waals surface area contributed by atoms with Gasteiger partial charge in [-0.05, 0) is 12.1 Å². The molecule has 0 bridgehead atoms. The smallest absolute Gasteiger partial charge is 0.129 e. The summed E-state index contributed by atoms with van der Waals surface area (Å²) in [5, 5.41) is 9.50. The number of nitriles is 1. The van der Waals surface area contributed by atoms with Crippen LogP contribution in [0.4, 0.5) is 0 Å². The van der Waals surface area contributed by atoms with Crippen molar-refractivity contribution in [1.82, 2.24) is 4.98 Å². The van der Waals surface area contributed by atoms with E-state index in [1.54, 1.807) is 13.3 Å². The highest BCUT2D eigenvalue weighted by Gasteiger charge is 2.09. The Bertz CT molecular complexity index is 528. The first kappa shape index (κ1) is 10.7. The third kappa shape index (κ3) is 2.05. The Morgan fingerprint density at radius 1 is 1.44 bits per heavy atom. The summed E-state index contributed by atoms with van der Waals surface area (Å²) in [6.45, 7) is 0. The minimum absolute atomic E-state index is 0.410. The van der Waals surface area contributed by atoms with Gasteiger partial charge in [-0.25, -0.2) is 4.98 Å². The molecular weight excluding hydrogens is 220 g/mol. The van der Waals surface area contributed by atoms with Gasteiger partial charge < -0.3 is 4.74 Å². The Morgan fingerprint density at radius 2 is 2.25 bits per heavy atom. The number of thiazole rings is 1. The van der Waals surface area contributed by atoms with E-state index in [-0.39, 0.29) is 0 Å². The highest BCUT2D eigenvalue weighted by Crippen LogP contribution is 2.32. The van der Waals surface area contributed by atoms with Crippen molar-refractivity contribution >= 4 is 11.3 Å². The van der Waals surface area contributed by atoms with Gasteiger partial charge in [0.25, 0.3) is 0 Å². The SMILES string of the molecule is COc1ccccc1-c1ncc(CC#N)s1. The molecule has 80 valence electrons. The molecule has 1 aromatic heterocycles. The monoisotopic (exact) mass is 230 g/mol. The molecule has 1 heterocycles. The molecule has 16 heavy (non-hydrogen) atoms. The molecule has 0 radical (unpaired) electrons. The Labute approximate surface area is 97.9 Å². The number of benzene rings is 1. The van der Waals surface area contributed by atoms with Gasteiger partial charge in [0.05, 0.1) is 25.2 Å². The molecule has 0 atom stereocenters. The van der Waals surface area contributed by atoms with Crippen LogP contribution >= 0.6 is 11.3 Å². The number of nitrogens with zero attached hydrogens (tertiary/aromatic N) is 2. The van der Waals surface area contributed by atoms with Gasteiger partial charge in [0, 0.05) is 11.1 Å². The molecule has 0 amide bonds. The molecule has 0 fully saturated rings. The van der Waals surface area contributed by atoms with Crippen LogP contribution in [0.1, 0.15) is 4.88 Å². The number of hydrogen-bond donors (Lipinski definition) is 0. The zero-order chi connectivity index (χ0) is 11.4. The van der Waals surface area contributed by atoms with E-state index in [9.17, 15) is 0 Å². The standard InChI is InChI=1S/C12H10N2OS/c1-15-11-5-3-2-4-10(11)12-14-8-9(16-12)6-7-13/h2-5,8H,6H2,1H3. The number of hydrogen-bond acceptors (Lipinski definition) is 4. The molecule has 0 unspecified atom stereocenters. The predicted molar refractivity (Wildman–Crippen MR) is 63.4 cm³/mol. The Kier molecular flexibility index (Phi) is 3.18. The van der Waals surface area contributed by atoms with E-state index in [0.717, 1.165) is 21.2 Å². The number of ether oxygens (including phenoxy) is 1. The third-order valence-corrected chi connectivity index (χ3v) is 3.17. The minimum Gasteiger partial charge on any atom is -0.496 e. The molecule has 1 aromatic carbocycles. The van der Waals surface area contributed by atoms with Crippen LogP contribution in [0, 0.1) is 11.3 Å². The summed E-state index contributed by atoms with van der Waals surface area (Å²) in [6, 6.07) is 9.86. The van der Waals surface area contributed by atoms with Gasteiger partial charge in [-0.15, -0.1) is 11.3 Å². The normalized spacial score (nSPS) is 9.75. The van der Waals surface area contributed by atoms with E-state index in [1.807, 2.05) is 24.3 Å². The van der Waals surface area contributed by atoms with Crippen molar-refractivity contribution in [2.24, 2.45) is 0 Å². The molecule has 3 nitrogen and oxygen atoms in total. The zero-order valence-corrected chi connectivity index (χ0v) is 9.62. The first-order valence-electron chi connectivity index (χ1n) is 4.80. The molecule has 0 spiro atoms. The molecular formula is C12H10N2OS. The van der Waals surface area contributed by atoms with E-state index in [1.165, 1.54) is 11.3 Å². The highest BCUT2D eigenvalue weighted by atomic mass is 32.1. The molecule has 0 aliphatic heterocycles. The van der Waals surface area contributed by atoms with Crippen LogP contribution in [0.25, 0.3) is 10.6 Å². The van der Waals surface area contributed by atoms with Gasteiger partial charge in [-0.1, -0.05) is 12.1 Å². The maximum atomic E-state index is 8.60. The van der Waals surface area contributed by atoms with E-state index in [2.05, 4.69) is 11.1 Å². The third-order valence-electron chi connectivity index (χ3n) is 2.14. The van der Waals surface area contributed by atoms with Crippen molar-refractivity contribution < 1.29 is 4.74 Å². The molecule has 0 aliphatic carbocycles. The maximum absolute atomic E-state index is 8.60. The van der Waals surface area contributed by atoms with Crippen LogP contribution in [-0.2, 0) is 6.42 Å². The van der Waals surface area contributed by atoms with E-state index < -0.39 is 0 Å². The van der Waals surface area contributed by atoms with Gasteiger partial charge >= 0.3 is 0 Å². The second-order valence-corrected chi connectivity index (χ2v) is 4.28. The fourth-order valence-electron chi connectivity index (χ4n) is 1.41. The lowest BCUT2D eigenvalue weighted by Gasteiger charge is -2.04. The molecule has 0 N–H and O–H groups in total. The quantitative estimate of drug-likeness (QED) is 0.814. The Morgan fingerprint density at radius 3 is 3.00 bits per heavy atom. The predicted octanol–water partition coefficient (Wildman–Crippen LogP) is 2.88. The van der Waals surface area contributed by atoms with Crippen molar-refractivity contribution in [3.05, 3.63) is 35.3 Å². The average molecular weight is 230 g/mol. The van der Waals surface area contributed by atoms with Crippen LogP contribution in [0.3, 0.4) is 0 Å². The van der Waals surface area contributed by atoms with E-state index >= 15 is 0 Å². The first-order valence-corrected chi connectivity index (χ1v) is 5.62. The Balaban J connectivity index is 2.39. The summed E-state index contributed by atoms with van der Waals surface area (Å²) in [5.41, 5.74) is 0.971. The fourth-order valence-corrected chi connectivity index (χ4v) is 2.29. The van der Waals surface area contributed by atoms with Crippen LogP contribution in [0.15, 0.2) is 30.5 Å². The van der Waals surface area contributed by atoms with Gasteiger partial charge in [-0.2, -0.15) is 5.26 Å². The summed E-state index contributed by atoms with van der Waals surface area (Å²) in [5.74, 6) is 0.806. The van der Waals surface area contributed by atoms with Gasteiger partial charge in [0.15, 0.2) is 0 Å². The van der Waals surface area contributed by atoms with Crippen molar-refractivity contribution in [2.75, 3.05) is 7.11 Å². The number of rotatable bonds is 3. The van der Waals surface area contributed by atoms with Crippen molar-refractivity contribution in [1.29, 1.82) is 5.26 Å². The van der Waals surface area contributed by atoms with Crippen molar-refractivity contribution in [2.45, 2.75) is 6.42 Å². The van der Waals surface area contributed by atoms with Gasteiger partial charge in [-0.3, -0.25) is 0 Å². The molecule has 2 aromatic rings. The maximum Gasteiger partial charge on any atom is 0.129 e. The van der Waals surface area contributed by atoms with E-state index in [4.69, 9.17) is 10.00 Å². The summed E-state index contributed by atoms with van der Waals surface area (Å²) in [6.07, 6.45) is 2.16. The molecule has 2 rings (SSSR count). The molecule has 4 heteroatoms. The first-order chi connectivity index (χ1) is 7.85. The topological polar surface area (TPSA) is 45.9 Å². The lowest BCUT2D eigenvalue weighted by Crippen LogP contribution is -1.86. The summed E-state index contributed by atoms with van der Waals surface area (Å²) >= 11 is 1.53. The molecule has 0 saturated heterocycles. The summed E-state index contributed by atoms with van der Waals surface area (Å²) in [4.78, 5) is 5.28. The number of para-hydroxylation sites is 1. The lowest BCUT2D eigenvalue weighted by atomic mass is 10.2. The van der Waals surface area contributed by atoms with Crippen LogP contribution in [0.2, 0.25) is 0 Å². The van der Waals surface area contributed by atoms with Crippen molar-refractivity contribution in [3.8, 4) is 22.4 Å². The fraction of sp³-hybridized carbons (Fsp3) is 0.167. The Hall–Kier alpha value is -1.86. The van der Waals surface area contributed by atoms with Crippen LogP contribution in [0.5, 0.6) is 5.75 Å². The second kappa shape index (κ2) is 4.77. The number of aromatic nitrogens is 1. The molecule has 0 saturated carbocycles. The molecule has 0 aliphatic rings. The summed E-state index contributed by atoms with van der Waals surface area (Å²) in [7, 11) is 1.64. The van der Waals surface area contributed by atoms with Crippen molar-refractivity contribution in [3.63, 3.8) is 0 Å². The van der Waals surface area contributed by atoms with Crippen LogP contribution in [-0.4, -0.2) is 12.1 Å². The minimum atomic E-state index is 0.410. The van der Waals surface area contributed by atoms with Gasteiger partial charge in [0.1, 0.15) is 10.8 Å². The largest absolute Gasteiger partial charge is 0.496 e. The van der Waals surface area contributed by atoms with Gasteiger partial charge in [0.2, 0.25) is 0 Å². The zero-order valence-electron chi connectivity index (χ0n) is 8.80. The van der Waals surface area contributed by atoms with E-state index in [0.29, 0.717) is 6.42 Å².